The Hall–Kier alpha value is -2.54. The van der Waals surface area contributed by atoms with E-state index in [0.29, 0.717) is 0 Å². The molecule has 1 heteroatoms. The van der Waals surface area contributed by atoms with E-state index in [1.165, 1.54) is 38.5 Å². The van der Waals surface area contributed by atoms with Gasteiger partial charge in [0.2, 0.25) is 0 Å². The van der Waals surface area contributed by atoms with Crippen LogP contribution in [0.4, 0.5) is 0 Å². The van der Waals surface area contributed by atoms with Crippen LogP contribution < -0.4 is 0 Å². The molecule has 0 saturated heterocycles. The highest BCUT2D eigenvalue weighted by Crippen LogP contribution is 2.32. The normalized spacial score (nSPS) is 11.3. The molecule has 0 amide bonds. The number of hydrogen-bond acceptors (Lipinski definition) is 0. The van der Waals surface area contributed by atoms with Gasteiger partial charge >= 0.3 is 0 Å². The van der Waals surface area contributed by atoms with E-state index in [0.717, 1.165) is 6.42 Å². The molecule has 0 bridgehead atoms. The van der Waals surface area contributed by atoms with E-state index >= 15 is 0 Å². The molecule has 0 radical (unpaired) electrons. The smallest absolute Gasteiger partial charge is 0.0497 e. The summed E-state index contributed by atoms with van der Waals surface area (Å²) in [5, 5.41) is 3.91. The topological polar surface area (TPSA) is 15.8 Å². The Morgan fingerprint density at radius 1 is 0.810 bits per heavy atom. The zero-order chi connectivity index (χ0) is 14.2. The van der Waals surface area contributed by atoms with E-state index < -0.39 is 0 Å². The van der Waals surface area contributed by atoms with Crippen molar-refractivity contribution in [3.05, 3.63) is 72.3 Å². The van der Waals surface area contributed by atoms with Gasteiger partial charge in [0, 0.05) is 16.6 Å². The average molecular weight is 271 g/mol. The van der Waals surface area contributed by atoms with Crippen LogP contribution in [0.2, 0.25) is 0 Å². The van der Waals surface area contributed by atoms with Crippen molar-refractivity contribution in [2.75, 3.05) is 0 Å². The first-order valence-corrected chi connectivity index (χ1v) is 7.45. The van der Waals surface area contributed by atoms with Gasteiger partial charge in [-0.3, -0.25) is 0 Å². The maximum atomic E-state index is 3.60. The summed E-state index contributed by atoms with van der Waals surface area (Å²) >= 11 is 0. The zero-order valence-corrected chi connectivity index (χ0v) is 12.1. The lowest BCUT2D eigenvalue weighted by molar-refractivity contribution is 1.16. The molecule has 0 aliphatic heterocycles. The highest BCUT2D eigenvalue weighted by atomic mass is 14.7. The largest absolute Gasteiger partial charge is 0.354 e. The van der Waals surface area contributed by atoms with Crippen molar-refractivity contribution in [1.82, 2.24) is 4.98 Å². The van der Waals surface area contributed by atoms with E-state index in [1.54, 1.807) is 0 Å². The van der Waals surface area contributed by atoms with Crippen LogP contribution in [0, 0.1) is 0 Å². The third-order valence-electron chi connectivity index (χ3n) is 4.21. The number of nitrogens with one attached hydrogen (secondary N) is 1. The molecule has 0 atom stereocenters. The number of para-hydroxylation sites is 1. The first-order chi connectivity index (χ1) is 10.4. The maximum Gasteiger partial charge on any atom is 0.0497 e. The fraction of sp³-hybridized carbons (Fsp3) is 0.100. The van der Waals surface area contributed by atoms with Crippen molar-refractivity contribution >= 4 is 21.7 Å². The Morgan fingerprint density at radius 2 is 1.57 bits per heavy atom. The first-order valence-electron chi connectivity index (χ1n) is 7.45. The predicted molar refractivity (Wildman–Crippen MR) is 90.6 cm³/mol. The first kappa shape index (κ1) is 12.2. The van der Waals surface area contributed by atoms with Gasteiger partial charge in [-0.25, -0.2) is 0 Å². The lowest BCUT2D eigenvalue weighted by Gasteiger charge is -2.05. The summed E-state index contributed by atoms with van der Waals surface area (Å²) in [6, 6.07) is 23.8. The van der Waals surface area contributed by atoms with Gasteiger partial charge < -0.3 is 4.98 Å². The number of benzene rings is 3. The average Bonchev–Trinajstić information content (AvgIpc) is 2.93. The maximum absolute atomic E-state index is 3.60. The molecule has 3 aromatic carbocycles. The number of aromatic nitrogens is 1. The van der Waals surface area contributed by atoms with Crippen molar-refractivity contribution in [2.45, 2.75) is 13.3 Å². The second-order valence-corrected chi connectivity index (χ2v) is 5.44. The van der Waals surface area contributed by atoms with E-state index in [-0.39, 0.29) is 0 Å². The Morgan fingerprint density at radius 3 is 2.43 bits per heavy atom. The molecule has 0 aliphatic rings. The Kier molecular flexibility index (Phi) is 2.78. The Labute approximate surface area is 124 Å². The second-order valence-electron chi connectivity index (χ2n) is 5.44. The fourth-order valence-corrected chi connectivity index (χ4v) is 3.16. The van der Waals surface area contributed by atoms with Crippen molar-refractivity contribution < 1.29 is 0 Å². The number of aromatic amines is 1. The lowest BCUT2D eigenvalue weighted by atomic mass is 10.0. The molecule has 102 valence electrons. The predicted octanol–water partition coefficient (Wildman–Crippen LogP) is 5.55. The summed E-state index contributed by atoms with van der Waals surface area (Å²) < 4.78 is 0. The Balaban J connectivity index is 1.99. The quantitative estimate of drug-likeness (QED) is 0.492. The molecular weight excluding hydrogens is 254 g/mol. The highest BCUT2D eigenvalue weighted by molar-refractivity contribution is 5.93. The standard InChI is InChI=1S/C20H17N/c1-2-17-18-9-5-6-10-19(18)21-20(17)16-12-11-14-7-3-4-8-15(14)13-16/h3-13,21H,2H2,1H3. The van der Waals surface area contributed by atoms with Gasteiger partial charge in [-0.15, -0.1) is 0 Å². The van der Waals surface area contributed by atoms with E-state index in [4.69, 9.17) is 0 Å². The summed E-state index contributed by atoms with van der Waals surface area (Å²) in [5.41, 5.74) is 5.14. The minimum atomic E-state index is 1.03. The van der Waals surface area contributed by atoms with Gasteiger partial charge in [0.05, 0.1) is 0 Å². The molecule has 0 spiro atoms. The molecule has 0 aliphatic carbocycles. The Bertz CT molecular complexity index is 931. The van der Waals surface area contributed by atoms with Crippen molar-refractivity contribution in [1.29, 1.82) is 0 Å². The van der Waals surface area contributed by atoms with Gasteiger partial charge in [0.15, 0.2) is 0 Å². The van der Waals surface area contributed by atoms with E-state index in [2.05, 4.69) is 78.6 Å². The van der Waals surface area contributed by atoms with Crippen LogP contribution >= 0.6 is 0 Å². The summed E-state index contributed by atoms with van der Waals surface area (Å²) in [4.78, 5) is 3.60. The molecule has 4 aromatic rings. The molecule has 1 aromatic heterocycles. The summed E-state index contributed by atoms with van der Waals surface area (Å²) in [6.45, 7) is 2.22. The fourth-order valence-electron chi connectivity index (χ4n) is 3.16. The minimum absolute atomic E-state index is 1.03. The van der Waals surface area contributed by atoms with Crippen LogP contribution in [-0.4, -0.2) is 4.98 Å². The molecule has 1 N–H and O–H groups in total. The molecule has 0 fully saturated rings. The third kappa shape index (κ3) is 1.93. The molecule has 0 unspecified atom stereocenters. The monoisotopic (exact) mass is 271 g/mol. The van der Waals surface area contributed by atoms with Gasteiger partial charge in [-0.1, -0.05) is 61.5 Å². The van der Waals surface area contributed by atoms with Crippen molar-refractivity contribution in [3.63, 3.8) is 0 Å². The molecule has 0 saturated carbocycles. The molecule has 21 heavy (non-hydrogen) atoms. The molecule has 1 heterocycles. The van der Waals surface area contributed by atoms with Gasteiger partial charge in [0.25, 0.3) is 0 Å². The summed E-state index contributed by atoms with van der Waals surface area (Å²) in [7, 11) is 0. The lowest BCUT2D eigenvalue weighted by Crippen LogP contribution is -1.85. The van der Waals surface area contributed by atoms with Gasteiger partial charge in [-0.05, 0) is 40.5 Å². The van der Waals surface area contributed by atoms with E-state index in [1.807, 2.05) is 0 Å². The highest BCUT2D eigenvalue weighted by Gasteiger charge is 2.11. The SMILES string of the molecule is CCc1c(-c2ccc3ccccc3c2)[nH]c2ccccc12. The number of aryl methyl sites for hydroxylation is 1. The third-order valence-corrected chi connectivity index (χ3v) is 4.21. The van der Waals surface area contributed by atoms with Crippen LogP contribution in [0.15, 0.2) is 66.7 Å². The van der Waals surface area contributed by atoms with Crippen molar-refractivity contribution in [3.8, 4) is 11.3 Å². The summed E-state index contributed by atoms with van der Waals surface area (Å²) in [5.74, 6) is 0. The van der Waals surface area contributed by atoms with Crippen LogP contribution in [0.1, 0.15) is 12.5 Å². The van der Waals surface area contributed by atoms with Crippen LogP contribution in [0.5, 0.6) is 0 Å². The van der Waals surface area contributed by atoms with Crippen LogP contribution in [0.3, 0.4) is 0 Å². The zero-order valence-electron chi connectivity index (χ0n) is 12.1. The summed E-state index contributed by atoms with van der Waals surface area (Å²) in [6.07, 6.45) is 1.03. The van der Waals surface area contributed by atoms with Gasteiger partial charge in [-0.2, -0.15) is 0 Å². The number of hydrogen-bond donors (Lipinski definition) is 1. The molecule has 1 nitrogen and oxygen atoms in total. The van der Waals surface area contributed by atoms with E-state index in [9.17, 15) is 0 Å². The number of fused-ring (bicyclic) bond motifs is 2. The second kappa shape index (κ2) is 4.78. The minimum Gasteiger partial charge on any atom is -0.354 e. The van der Waals surface area contributed by atoms with Gasteiger partial charge in [0.1, 0.15) is 0 Å². The molecule has 4 rings (SSSR count). The van der Waals surface area contributed by atoms with Crippen LogP contribution in [0.25, 0.3) is 32.9 Å². The van der Waals surface area contributed by atoms with Crippen LogP contribution in [-0.2, 0) is 6.42 Å². The van der Waals surface area contributed by atoms with Crippen molar-refractivity contribution in [2.24, 2.45) is 0 Å². The molecular formula is C20H17N. The number of rotatable bonds is 2. The number of H-pyrrole nitrogens is 1.